The SMILES string of the molecule is CC1CCCCC1CNC(=O)C1CC(O)CN1. The maximum Gasteiger partial charge on any atom is 0.237 e. The third kappa shape index (κ3) is 3.42. The smallest absolute Gasteiger partial charge is 0.237 e. The van der Waals surface area contributed by atoms with Crippen LogP contribution >= 0.6 is 0 Å². The van der Waals surface area contributed by atoms with Crippen LogP contribution < -0.4 is 10.6 Å². The van der Waals surface area contributed by atoms with E-state index in [0.29, 0.717) is 18.9 Å². The quantitative estimate of drug-likeness (QED) is 0.679. The number of β-amino-alcohol motifs (C(OH)–C–C–N with tert-alkyl or cyclic N) is 1. The molecule has 4 unspecified atom stereocenters. The molecule has 17 heavy (non-hydrogen) atoms. The van der Waals surface area contributed by atoms with E-state index >= 15 is 0 Å². The summed E-state index contributed by atoms with van der Waals surface area (Å²) in [6.45, 7) is 3.62. The first-order chi connectivity index (χ1) is 8.16. The number of amides is 1. The van der Waals surface area contributed by atoms with Crippen molar-refractivity contribution in [3.8, 4) is 0 Å². The Bertz CT molecular complexity index is 270. The second-order valence-corrected chi connectivity index (χ2v) is 5.62. The molecule has 2 aliphatic rings. The van der Waals surface area contributed by atoms with Gasteiger partial charge in [0.25, 0.3) is 0 Å². The molecule has 1 aliphatic carbocycles. The largest absolute Gasteiger partial charge is 0.392 e. The van der Waals surface area contributed by atoms with Crippen LogP contribution in [0.1, 0.15) is 39.0 Å². The van der Waals surface area contributed by atoms with Crippen LogP contribution in [0.5, 0.6) is 0 Å². The Hall–Kier alpha value is -0.610. The first-order valence-corrected chi connectivity index (χ1v) is 6.86. The summed E-state index contributed by atoms with van der Waals surface area (Å²) in [7, 11) is 0. The molecule has 4 atom stereocenters. The number of nitrogens with one attached hydrogen (secondary N) is 2. The highest BCUT2D eigenvalue weighted by Gasteiger charge is 2.29. The lowest BCUT2D eigenvalue weighted by Gasteiger charge is -2.29. The average molecular weight is 240 g/mol. The molecular weight excluding hydrogens is 216 g/mol. The molecule has 1 amide bonds. The van der Waals surface area contributed by atoms with Crippen LogP contribution in [0.2, 0.25) is 0 Å². The van der Waals surface area contributed by atoms with E-state index in [9.17, 15) is 9.90 Å². The Morgan fingerprint density at radius 2 is 2.18 bits per heavy atom. The van der Waals surface area contributed by atoms with Crippen LogP contribution in [0.25, 0.3) is 0 Å². The lowest BCUT2D eigenvalue weighted by molar-refractivity contribution is -0.123. The van der Waals surface area contributed by atoms with Crippen LogP contribution in [0.3, 0.4) is 0 Å². The van der Waals surface area contributed by atoms with E-state index in [2.05, 4.69) is 17.6 Å². The van der Waals surface area contributed by atoms with Crippen LogP contribution in [0, 0.1) is 11.8 Å². The monoisotopic (exact) mass is 240 g/mol. The number of hydrogen-bond acceptors (Lipinski definition) is 3. The van der Waals surface area contributed by atoms with Gasteiger partial charge in [0.2, 0.25) is 5.91 Å². The van der Waals surface area contributed by atoms with Gasteiger partial charge in [-0.3, -0.25) is 4.79 Å². The molecule has 0 radical (unpaired) electrons. The van der Waals surface area contributed by atoms with E-state index in [1.54, 1.807) is 0 Å². The maximum atomic E-state index is 11.9. The third-order valence-corrected chi connectivity index (χ3v) is 4.25. The molecule has 2 rings (SSSR count). The van der Waals surface area contributed by atoms with E-state index in [1.165, 1.54) is 25.7 Å². The van der Waals surface area contributed by atoms with Gasteiger partial charge < -0.3 is 15.7 Å². The maximum absolute atomic E-state index is 11.9. The molecule has 2 fully saturated rings. The Labute approximate surface area is 103 Å². The molecular formula is C13H24N2O2. The Morgan fingerprint density at radius 1 is 1.41 bits per heavy atom. The van der Waals surface area contributed by atoms with Crippen molar-refractivity contribution in [2.24, 2.45) is 11.8 Å². The molecule has 3 N–H and O–H groups in total. The molecule has 0 aromatic heterocycles. The number of hydrogen-bond donors (Lipinski definition) is 3. The fraction of sp³-hybridized carbons (Fsp3) is 0.923. The van der Waals surface area contributed by atoms with E-state index in [4.69, 9.17) is 0 Å². The number of rotatable bonds is 3. The summed E-state index contributed by atoms with van der Waals surface area (Å²) < 4.78 is 0. The number of aliphatic hydroxyl groups excluding tert-OH is 1. The molecule has 1 saturated heterocycles. The first-order valence-electron chi connectivity index (χ1n) is 6.86. The van der Waals surface area contributed by atoms with Gasteiger partial charge in [-0.15, -0.1) is 0 Å². The molecule has 1 saturated carbocycles. The van der Waals surface area contributed by atoms with Gasteiger partial charge >= 0.3 is 0 Å². The second-order valence-electron chi connectivity index (χ2n) is 5.62. The van der Waals surface area contributed by atoms with E-state index < -0.39 is 0 Å². The van der Waals surface area contributed by atoms with Gasteiger partial charge in [-0.1, -0.05) is 26.2 Å². The summed E-state index contributed by atoms with van der Waals surface area (Å²) in [6, 6.07) is -0.191. The molecule has 98 valence electrons. The van der Waals surface area contributed by atoms with Gasteiger partial charge in [0, 0.05) is 13.1 Å². The fourth-order valence-electron chi connectivity index (χ4n) is 2.97. The molecule has 4 heteroatoms. The number of carbonyl (C=O) groups excluding carboxylic acids is 1. The minimum Gasteiger partial charge on any atom is -0.392 e. The van der Waals surface area contributed by atoms with Gasteiger partial charge in [0.1, 0.15) is 0 Å². The molecule has 1 heterocycles. The summed E-state index contributed by atoms with van der Waals surface area (Å²) in [5.74, 6) is 1.42. The van der Waals surface area contributed by atoms with Gasteiger partial charge in [-0.25, -0.2) is 0 Å². The van der Waals surface area contributed by atoms with Crippen molar-refractivity contribution in [2.45, 2.75) is 51.2 Å². The average Bonchev–Trinajstić information content (AvgIpc) is 2.74. The normalized spacial score (nSPS) is 38.0. The summed E-state index contributed by atoms with van der Waals surface area (Å²) in [5.41, 5.74) is 0. The standard InChI is InChI=1S/C13H24N2O2/c1-9-4-2-3-5-10(9)7-15-13(17)12-6-11(16)8-14-12/h9-12,14,16H,2-8H2,1H3,(H,15,17). The molecule has 4 nitrogen and oxygen atoms in total. The zero-order valence-corrected chi connectivity index (χ0v) is 10.6. The van der Waals surface area contributed by atoms with E-state index in [1.807, 2.05) is 0 Å². The minimum absolute atomic E-state index is 0.0549. The highest BCUT2D eigenvalue weighted by atomic mass is 16.3. The Kier molecular flexibility index (Phi) is 4.40. The predicted octanol–water partition coefficient (Wildman–Crippen LogP) is 0.652. The van der Waals surface area contributed by atoms with Crippen molar-refractivity contribution >= 4 is 5.91 Å². The Balaban J connectivity index is 1.72. The third-order valence-electron chi connectivity index (χ3n) is 4.25. The molecule has 1 aliphatic heterocycles. The Morgan fingerprint density at radius 3 is 2.82 bits per heavy atom. The molecule has 0 aromatic carbocycles. The number of aliphatic hydroxyl groups is 1. The second kappa shape index (κ2) is 5.83. The van der Waals surface area contributed by atoms with Crippen molar-refractivity contribution in [2.75, 3.05) is 13.1 Å². The van der Waals surface area contributed by atoms with Crippen LogP contribution in [0.15, 0.2) is 0 Å². The van der Waals surface area contributed by atoms with Gasteiger partial charge in [0.05, 0.1) is 12.1 Å². The van der Waals surface area contributed by atoms with Crippen molar-refractivity contribution in [3.05, 3.63) is 0 Å². The highest BCUT2D eigenvalue weighted by molar-refractivity contribution is 5.82. The fourth-order valence-corrected chi connectivity index (χ4v) is 2.97. The molecule has 0 bridgehead atoms. The molecule has 0 aromatic rings. The lowest BCUT2D eigenvalue weighted by atomic mass is 9.80. The van der Waals surface area contributed by atoms with Crippen molar-refractivity contribution < 1.29 is 9.90 Å². The van der Waals surface area contributed by atoms with Crippen molar-refractivity contribution in [1.29, 1.82) is 0 Å². The van der Waals surface area contributed by atoms with Gasteiger partial charge in [-0.05, 0) is 24.7 Å². The zero-order valence-electron chi connectivity index (χ0n) is 10.6. The first kappa shape index (κ1) is 12.8. The topological polar surface area (TPSA) is 61.4 Å². The lowest BCUT2D eigenvalue weighted by Crippen LogP contribution is -2.43. The summed E-state index contributed by atoms with van der Waals surface area (Å²) in [4.78, 5) is 11.9. The highest BCUT2D eigenvalue weighted by Crippen LogP contribution is 2.28. The van der Waals surface area contributed by atoms with Crippen molar-refractivity contribution in [3.63, 3.8) is 0 Å². The van der Waals surface area contributed by atoms with Gasteiger partial charge in [0.15, 0.2) is 0 Å². The zero-order chi connectivity index (χ0) is 12.3. The van der Waals surface area contributed by atoms with E-state index in [-0.39, 0.29) is 18.1 Å². The van der Waals surface area contributed by atoms with E-state index in [0.717, 1.165) is 12.5 Å². The van der Waals surface area contributed by atoms with Gasteiger partial charge in [-0.2, -0.15) is 0 Å². The summed E-state index contributed by atoms with van der Waals surface area (Å²) >= 11 is 0. The summed E-state index contributed by atoms with van der Waals surface area (Å²) in [5, 5.41) is 15.4. The minimum atomic E-state index is -0.362. The summed E-state index contributed by atoms with van der Waals surface area (Å²) in [6.07, 6.45) is 5.35. The van der Waals surface area contributed by atoms with Crippen LogP contribution in [-0.4, -0.2) is 36.2 Å². The predicted molar refractivity (Wildman–Crippen MR) is 66.5 cm³/mol. The number of carbonyl (C=O) groups is 1. The van der Waals surface area contributed by atoms with Crippen molar-refractivity contribution in [1.82, 2.24) is 10.6 Å². The van der Waals surface area contributed by atoms with Crippen LogP contribution in [0.4, 0.5) is 0 Å². The van der Waals surface area contributed by atoms with Crippen LogP contribution in [-0.2, 0) is 4.79 Å². The molecule has 0 spiro atoms.